The van der Waals surface area contributed by atoms with Gasteiger partial charge in [-0.05, 0) is 49.6 Å². The number of anilines is 1. The summed E-state index contributed by atoms with van der Waals surface area (Å²) in [5, 5.41) is 6.35. The molecule has 2 aromatic rings. The summed E-state index contributed by atoms with van der Waals surface area (Å²) >= 11 is 0. The largest absolute Gasteiger partial charge is 0.322 e. The molecule has 1 aromatic heterocycles. The molecule has 2 N–H and O–H groups in total. The number of hydrogen-bond acceptors (Lipinski definition) is 4. The van der Waals surface area contributed by atoms with Crippen LogP contribution in [-0.2, 0) is 6.54 Å². The fraction of sp³-hybridized carbons (Fsp3) is 0.400. The second kappa shape index (κ2) is 7.93. The van der Waals surface area contributed by atoms with E-state index in [0.29, 0.717) is 6.04 Å². The zero-order valence-corrected chi connectivity index (χ0v) is 15.5. The predicted molar refractivity (Wildman–Crippen MR) is 101 cm³/mol. The van der Waals surface area contributed by atoms with Crippen molar-refractivity contribution in [3.8, 4) is 0 Å². The SMILES string of the molecule is Cc1cc(CN2CCN[C@@H](C)C2)c(C)c(NC(=O)c2cncc(F)c2)c1. The van der Waals surface area contributed by atoms with Crippen LogP contribution in [0.5, 0.6) is 0 Å². The van der Waals surface area contributed by atoms with Gasteiger partial charge >= 0.3 is 0 Å². The Kier molecular flexibility index (Phi) is 5.64. The molecule has 0 saturated carbocycles. The van der Waals surface area contributed by atoms with Crippen LogP contribution in [0.15, 0.2) is 30.6 Å². The number of carbonyl (C=O) groups excluding carboxylic acids is 1. The van der Waals surface area contributed by atoms with E-state index in [9.17, 15) is 9.18 Å². The van der Waals surface area contributed by atoms with E-state index in [2.05, 4.69) is 33.5 Å². The highest BCUT2D eigenvalue weighted by Crippen LogP contribution is 2.24. The third-order valence-corrected chi connectivity index (χ3v) is 4.72. The molecule has 138 valence electrons. The van der Waals surface area contributed by atoms with Gasteiger partial charge in [0.15, 0.2) is 0 Å². The molecule has 1 aromatic carbocycles. The number of halogens is 1. The van der Waals surface area contributed by atoms with E-state index < -0.39 is 5.82 Å². The molecule has 6 heteroatoms. The van der Waals surface area contributed by atoms with E-state index in [-0.39, 0.29) is 11.5 Å². The summed E-state index contributed by atoms with van der Waals surface area (Å²) in [6.45, 7) is 10.1. The molecule has 0 radical (unpaired) electrons. The Balaban J connectivity index is 1.79. The van der Waals surface area contributed by atoms with E-state index >= 15 is 0 Å². The Morgan fingerprint density at radius 3 is 2.88 bits per heavy atom. The first-order valence-electron chi connectivity index (χ1n) is 8.90. The Bertz CT molecular complexity index is 808. The van der Waals surface area contributed by atoms with Crippen LogP contribution in [0.3, 0.4) is 0 Å². The summed E-state index contributed by atoms with van der Waals surface area (Å²) in [5.41, 5.74) is 4.30. The van der Waals surface area contributed by atoms with Crippen molar-refractivity contribution in [3.63, 3.8) is 0 Å². The van der Waals surface area contributed by atoms with Crippen molar-refractivity contribution in [1.82, 2.24) is 15.2 Å². The average molecular weight is 356 g/mol. The Morgan fingerprint density at radius 1 is 1.35 bits per heavy atom. The predicted octanol–water partition coefficient (Wildman–Crippen LogP) is 2.88. The lowest BCUT2D eigenvalue weighted by Gasteiger charge is -2.32. The maximum absolute atomic E-state index is 13.3. The second-order valence-corrected chi connectivity index (χ2v) is 7.03. The highest BCUT2D eigenvalue weighted by atomic mass is 19.1. The topological polar surface area (TPSA) is 57.3 Å². The molecule has 0 bridgehead atoms. The number of carbonyl (C=O) groups is 1. The molecule has 26 heavy (non-hydrogen) atoms. The Labute approximate surface area is 153 Å². The van der Waals surface area contributed by atoms with E-state index in [0.717, 1.165) is 49.2 Å². The van der Waals surface area contributed by atoms with Gasteiger partial charge in [0.25, 0.3) is 5.91 Å². The van der Waals surface area contributed by atoms with Crippen LogP contribution in [-0.4, -0.2) is 41.5 Å². The number of piperazine rings is 1. The molecule has 1 fully saturated rings. The van der Waals surface area contributed by atoms with E-state index in [1.807, 2.05) is 19.9 Å². The molecule has 0 unspecified atom stereocenters. The van der Waals surface area contributed by atoms with Gasteiger partial charge in [-0.3, -0.25) is 14.7 Å². The number of pyridine rings is 1. The quantitative estimate of drug-likeness (QED) is 0.884. The van der Waals surface area contributed by atoms with Crippen LogP contribution in [0.2, 0.25) is 0 Å². The van der Waals surface area contributed by atoms with Crippen LogP contribution in [0.1, 0.15) is 34.0 Å². The van der Waals surface area contributed by atoms with Gasteiger partial charge in [-0.15, -0.1) is 0 Å². The molecule has 0 aliphatic carbocycles. The lowest BCUT2D eigenvalue weighted by molar-refractivity contribution is 0.102. The number of nitrogens with zero attached hydrogens (tertiary/aromatic N) is 2. The first kappa shape index (κ1) is 18.5. The molecule has 5 nitrogen and oxygen atoms in total. The van der Waals surface area contributed by atoms with Gasteiger partial charge < -0.3 is 10.6 Å². The van der Waals surface area contributed by atoms with Crippen molar-refractivity contribution in [2.75, 3.05) is 25.0 Å². The smallest absolute Gasteiger partial charge is 0.257 e. The highest BCUT2D eigenvalue weighted by Gasteiger charge is 2.18. The lowest BCUT2D eigenvalue weighted by Crippen LogP contribution is -2.48. The van der Waals surface area contributed by atoms with Crippen LogP contribution in [0, 0.1) is 19.7 Å². The number of aromatic nitrogens is 1. The third kappa shape index (κ3) is 4.45. The number of amides is 1. The van der Waals surface area contributed by atoms with Gasteiger partial charge in [-0.2, -0.15) is 0 Å². The van der Waals surface area contributed by atoms with Crippen molar-refractivity contribution in [2.45, 2.75) is 33.4 Å². The first-order valence-corrected chi connectivity index (χ1v) is 8.90. The summed E-state index contributed by atoms with van der Waals surface area (Å²) in [6, 6.07) is 5.79. The van der Waals surface area contributed by atoms with Gasteiger partial charge in [0, 0.05) is 44.1 Å². The maximum Gasteiger partial charge on any atom is 0.257 e. The van der Waals surface area contributed by atoms with Crippen LogP contribution >= 0.6 is 0 Å². The minimum absolute atomic E-state index is 0.211. The molecule has 3 rings (SSSR count). The number of hydrogen-bond donors (Lipinski definition) is 2. The summed E-state index contributed by atoms with van der Waals surface area (Å²) < 4.78 is 13.3. The highest BCUT2D eigenvalue weighted by molar-refractivity contribution is 6.04. The molecule has 1 aliphatic heterocycles. The van der Waals surface area contributed by atoms with Gasteiger partial charge in [0.2, 0.25) is 0 Å². The van der Waals surface area contributed by atoms with Crippen LogP contribution in [0.4, 0.5) is 10.1 Å². The summed E-state index contributed by atoms with van der Waals surface area (Å²) in [4.78, 5) is 18.6. The molecule has 1 amide bonds. The van der Waals surface area contributed by atoms with Crippen molar-refractivity contribution in [1.29, 1.82) is 0 Å². The van der Waals surface area contributed by atoms with Gasteiger partial charge in [0.1, 0.15) is 5.82 Å². The molecule has 1 aliphatic rings. The van der Waals surface area contributed by atoms with Crippen LogP contribution in [0.25, 0.3) is 0 Å². The summed E-state index contributed by atoms with van der Waals surface area (Å²) in [6.07, 6.45) is 2.45. The molecular weight excluding hydrogens is 331 g/mol. The maximum atomic E-state index is 13.3. The minimum atomic E-state index is -0.521. The number of aryl methyl sites for hydroxylation is 1. The lowest BCUT2D eigenvalue weighted by atomic mass is 10.0. The number of benzene rings is 1. The first-order chi connectivity index (χ1) is 12.4. The fourth-order valence-corrected chi connectivity index (χ4v) is 3.35. The van der Waals surface area contributed by atoms with E-state index in [1.54, 1.807) is 0 Å². The Hall–Kier alpha value is -2.31. The van der Waals surface area contributed by atoms with E-state index in [1.165, 1.54) is 17.8 Å². The molecule has 1 saturated heterocycles. The molecular formula is C20H25FN4O. The van der Waals surface area contributed by atoms with Crippen molar-refractivity contribution in [2.24, 2.45) is 0 Å². The summed E-state index contributed by atoms with van der Waals surface area (Å²) in [7, 11) is 0. The standard InChI is InChI=1S/C20H25FN4O/c1-13-6-17(12-25-5-4-23-14(2)11-25)15(3)19(7-13)24-20(26)16-8-18(21)10-22-9-16/h6-10,14,23H,4-5,11-12H2,1-3H3,(H,24,26)/t14-/m0/s1. The Morgan fingerprint density at radius 2 is 2.15 bits per heavy atom. The van der Waals surface area contributed by atoms with Gasteiger partial charge in [-0.1, -0.05) is 6.07 Å². The number of nitrogens with one attached hydrogen (secondary N) is 2. The molecule has 1 atom stereocenters. The fourth-order valence-electron chi connectivity index (χ4n) is 3.35. The second-order valence-electron chi connectivity index (χ2n) is 7.03. The normalized spacial score (nSPS) is 17.9. The summed E-state index contributed by atoms with van der Waals surface area (Å²) in [5.74, 6) is -0.875. The molecule has 0 spiro atoms. The van der Waals surface area contributed by atoms with Crippen molar-refractivity contribution in [3.05, 3.63) is 58.7 Å². The third-order valence-electron chi connectivity index (χ3n) is 4.72. The van der Waals surface area contributed by atoms with E-state index in [4.69, 9.17) is 0 Å². The van der Waals surface area contributed by atoms with Gasteiger partial charge in [0.05, 0.1) is 11.8 Å². The molecule has 2 heterocycles. The van der Waals surface area contributed by atoms with Gasteiger partial charge in [-0.25, -0.2) is 4.39 Å². The van der Waals surface area contributed by atoms with Crippen molar-refractivity contribution < 1.29 is 9.18 Å². The average Bonchev–Trinajstić information content (AvgIpc) is 2.59. The zero-order chi connectivity index (χ0) is 18.7. The number of rotatable bonds is 4. The van der Waals surface area contributed by atoms with Crippen molar-refractivity contribution >= 4 is 11.6 Å². The zero-order valence-electron chi connectivity index (χ0n) is 15.5. The van der Waals surface area contributed by atoms with Crippen LogP contribution < -0.4 is 10.6 Å². The minimum Gasteiger partial charge on any atom is -0.322 e. The monoisotopic (exact) mass is 356 g/mol.